The van der Waals surface area contributed by atoms with Gasteiger partial charge in [0, 0.05) is 12.6 Å². The van der Waals surface area contributed by atoms with Crippen molar-refractivity contribution in [2.45, 2.75) is 19.9 Å². The summed E-state index contributed by atoms with van der Waals surface area (Å²) in [6.45, 7) is 1.80. The average molecular weight is 347 g/mol. The summed E-state index contributed by atoms with van der Waals surface area (Å²) in [6, 6.07) is 6.36. The molecule has 0 saturated heterocycles. The number of hydrogen-bond donors (Lipinski definition) is 2. The highest BCUT2D eigenvalue weighted by Gasteiger charge is 2.17. The molecule has 2 rings (SSSR count). The van der Waals surface area contributed by atoms with Crippen LogP contribution in [0.4, 0.5) is 0 Å². The van der Waals surface area contributed by atoms with E-state index in [1.54, 1.807) is 37.0 Å². The van der Waals surface area contributed by atoms with Crippen LogP contribution < -0.4 is 14.8 Å². The van der Waals surface area contributed by atoms with Crippen LogP contribution in [0.15, 0.2) is 24.3 Å². The number of ether oxygens (including phenoxy) is 2. The number of amides is 1. The van der Waals surface area contributed by atoms with Crippen LogP contribution >= 0.6 is 0 Å². The van der Waals surface area contributed by atoms with Gasteiger partial charge in [-0.05, 0) is 24.6 Å². The highest BCUT2D eigenvalue weighted by molar-refractivity contribution is 5.94. The number of carboxylic acids is 1. The maximum atomic E-state index is 12.4. The van der Waals surface area contributed by atoms with Gasteiger partial charge in [0.25, 0.3) is 5.91 Å². The fourth-order valence-electron chi connectivity index (χ4n) is 2.47. The van der Waals surface area contributed by atoms with Crippen molar-refractivity contribution >= 4 is 11.9 Å². The molecule has 1 heterocycles. The van der Waals surface area contributed by atoms with E-state index in [4.69, 9.17) is 14.6 Å². The minimum absolute atomic E-state index is 0.277. The second-order valence-electron chi connectivity index (χ2n) is 5.30. The zero-order chi connectivity index (χ0) is 18.4. The Bertz CT molecular complexity index is 770. The number of aromatic nitrogens is 2. The van der Waals surface area contributed by atoms with Gasteiger partial charge in [-0.3, -0.25) is 4.79 Å². The predicted octanol–water partition coefficient (Wildman–Crippen LogP) is 1.38. The maximum absolute atomic E-state index is 12.4. The number of aryl methyl sites for hydroxylation is 2. The van der Waals surface area contributed by atoms with Crippen molar-refractivity contribution in [3.8, 4) is 11.6 Å². The number of nitrogens with one attached hydrogen (secondary N) is 1. The summed E-state index contributed by atoms with van der Waals surface area (Å²) < 4.78 is 12.1. The molecule has 1 amide bonds. The SMILES string of the molecule is CCc1nn(C)c(OC)c1CNC(=O)c1cccc(OCC(=O)O)c1. The molecule has 2 aromatic rings. The summed E-state index contributed by atoms with van der Waals surface area (Å²) in [5, 5.41) is 15.8. The Balaban J connectivity index is 2.08. The first-order valence-corrected chi connectivity index (χ1v) is 7.77. The summed E-state index contributed by atoms with van der Waals surface area (Å²) >= 11 is 0. The van der Waals surface area contributed by atoms with Gasteiger partial charge in [-0.2, -0.15) is 5.10 Å². The lowest BCUT2D eigenvalue weighted by molar-refractivity contribution is -0.139. The van der Waals surface area contributed by atoms with Crippen LogP contribution in [0.25, 0.3) is 0 Å². The van der Waals surface area contributed by atoms with E-state index in [2.05, 4.69) is 10.4 Å². The number of carbonyl (C=O) groups excluding carboxylic acids is 1. The predicted molar refractivity (Wildman–Crippen MR) is 89.9 cm³/mol. The number of carboxylic acid groups (broad SMARTS) is 1. The number of benzene rings is 1. The molecule has 0 unspecified atom stereocenters. The van der Waals surface area contributed by atoms with E-state index >= 15 is 0 Å². The van der Waals surface area contributed by atoms with Gasteiger partial charge in [0.1, 0.15) is 5.75 Å². The topological polar surface area (TPSA) is 103 Å². The van der Waals surface area contributed by atoms with Gasteiger partial charge in [0.15, 0.2) is 6.61 Å². The van der Waals surface area contributed by atoms with Crippen LogP contribution in [-0.4, -0.2) is 40.5 Å². The smallest absolute Gasteiger partial charge is 0.341 e. The van der Waals surface area contributed by atoms with E-state index in [-0.39, 0.29) is 12.5 Å². The Hall–Kier alpha value is -3.03. The van der Waals surface area contributed by atoms with Crippen LogP contribution in [0.5, 0.6) is 11.6 Å². The number of methoxy groups -OCH3 is 1. The monoisotopic (exact) mass is 347 g/mol. The molecular weight excluding hydrogens is 326 g/mol. The molecular formula is C17H21N3O5. The zero-order valence-electron chi connectivity index (χ0n) is 14.4. The largest absolute Gasteiger partial charge is 0.482 e. The third-order valence-corrected chi connectivity index (χ3v) is 3.58. The molecule has 2 N–H and O–H groups in total. The number of nitrogens with zero attached hydrogens (tertiary/aromatic N) is 2. The fourth-order valence-corrected chi connectivity index (χ4v) is 2.47. The number of hydrogen-bond acceptors (Lipinski definition) is 5. The van der Waals surface area contributed by atoms with Crippen molar-refractivity contribution in [3.63, 3.8) is 0 Å². The molecule has 0 aliphatic carbocycles. The van der Waals surface area contributed by atoms with Crippen molar-refractivity contribution in [2.75, 3.05) is 13.7 Å². The summed E-state index contributed by atoms with van der Waals surface area (Å²) in [7, 11) is 3.34. The van der Waals surface area contributed by atoms with E-state index < -0.39 is 12.6 Å². The summed E-state index contributed by atoms with van der Waals surface area (Å²) in [5.41, 5.74) is 2.07. The van der Waals surface area contributed by atoms with E-state index in [0.29, 0.717) is 17.2 Å². The maximum Gasteiger partial charge on any atom is 0.341 e. The van der Waals surface area contributed by atoms with Crippen molar-refractivity contribution in [1.29, 1.82) is 0 Å². The molecule has 8 nitrogen and oxygen atoms in total. The quantitative estimate of drug-likeness (QED) is 0.748. The first-order valence-electron chi connectivity index (χ1n) is 7.77. The molecule has 0 atom stereocenters. The van der Waals surface area contributed by atoms with E-state index in [1.807, 2.05) is 6.92 Å². The average Bonchev–Trinajstić information content (AvgIpc) is 2.92. The van der Waals surface area contributed by atoms with Gasteiger partial charge >= 0.3 is 5.97 Å². The van der Waals surface area contributed by atoms with Crippen LogP contribution in [-0.2, 0) is 24.8 Å². The third-order valence-electron chi connectivity index (χ3n) is 3.58. The number of carbonyl (C=O) groups is 2. The molecule has 0 aliphatic rings. The Labute approximate surface area is 145 Å². The lowest BCUT2D eigenvalue weighted by atomic mass is 10.1. The Morgan fingerprint density at radius 1 is 1.36 bits per heavy atom. The molecule has 0 saturated carbocycles. The van der Waals surface area contributed by atoms with Gasteiger partial charge in [-0.25, -0.2) is 9.48 Å². The lowest BCUT2D eigenvalue weighted by Crippen LogP contribution is -2.23. The van der Waals surface area contributed by atoms with Crippen LogP contribution in [0.2, 0.25) is 0 Å². The molecule has 0 radical (unpaired) electrons. The highest BCUT2D eigenvalue weighted by atomic mass is 16.5. The van der Waals surface area contributed by atoms with Crippen molar-refractivity contribution in [3.05, 3.63) is 41.1 Å². The lowest BCUT2D eigenvalue weighted by Gasteiger charge is -2.09. The normalized spacial score (nSPS) is 10.4. The molecule has 1 aromatic heterocycles. The van der Waals surface area contributed by atoms with Gasteiger partial charge in [-0.15, -0.1) is 0 Å². The molecule has 25 heavy (non-hydrogen) atoms. The van der Waals surface area contributed by atoms with Crippen molar-refractivity contribution in [1.82, 2.24) is 15.1 Å². The zero-order valence-corrected chi connectivity index (χ0v) is 14.4. The van der Waals surface area contributed by atoms with Gasteiger partial charge in [-0.1, -0.05) is 13.0 Å². The molecule has 134 valence electrons. The minimum atomic E-state index is -1.08. The molecule has 0 fully saturated rings. The highest BCUT2D eigenvalue weighted by Crippen LogP contribution is 2.22. The second kappa shape index (κ2) is 8.18. The standard InChI is InChI=1S/C17H21N3O5/c1-4-14-13(17(24-3)20(2)19-14)9-18-16(23)11-6-5-7-12(8-11)25-10-15(21)22/h5-8H,4,9-10H2,1-3H3,(H,18,23)(H,21,22). The summed E-state index contributed by atoms with van der Waals surface area (Å²) in [6.07, 6.45) is 0.723. The molecule has 0 aliphatic heterocycles. The van der Waals surface area contributed by atoms with Crippen LogP contribution in [0.3, 0.4) is 0 Å². The Morgan fingerprint density at radius 3 is 2.76 bits per heavy atom. The van der Waals surface area contributed by atoms with Gasteiger partial charge < -0.3 is 19.9 Å². The van der Waals surface area contributed by atoms with Crippen LogP contribution in [0, 0.1) is 0 Å². The van der Waals surface area contributed by atoms with Crippen molar-refractivity contribution < 1.29 is 24.2 Å². The van der Waals surface area contributed by atoms with Crippen LogP contribution in [0.1, 0.15) is 28.5 Å². The first-order chi connectivity index (χ1) is 12.0. The number of rotatable bonds is 8. The van der Waals surface area contributed by atoms with E-state index in [9.17, 15) is 9.59 Å². The Kier molecular flexibility index (Phi) is 5.99. The second-order valence-corrected chi connectivity index (χ2v) is 5.30. The summed E-state index contributed by atoms with van der Waals surface area (Å²) in [4.78, 5) is 22.9. The van der Waals surface area contributed by atoms with Gasteiger partial charge in [0.2, 0.25) is 5.88 Å². The van der Waals surface area contributed by atoms with Gasteiger partial charge in [0.05, 0.1) is 24.9 Å². The number of aliphatic carboxylic acids is 1. The first kappa shape index (κ1) is 18.3. The molecule has 0 spiro atoms. The molecule has 8 heteroatoms. The minimum Gasteiger partial charge on any atom is -0.482 e. The molecule has 0 bridgehead atoms. The van der Waals surface area contributed by atoms with Crippen molar-refractivity contribution in [2.24, 2.45) is 7.05 Å². The third kappa shape index (κ3) is 4.50. The fraction of sp³-hybridized carbons (Fsp3) is 0.353. The van der Waals surface area contributed by atoms with E-state index in [0.717, 1.165) is 17.7 Å². The molecule has 1 aromatic carbocycles. The summed E-state index contributed by atoms with van der Waals surface area (Å²) in [5.74, 6) is -0.446. The Morgan fingerprint density at radius 2 is 2.12 bits per heavy atom. The van der Waals surface area contributed by atoms with E-state index in [1.165, 1.54) is 6.07 Å².